The van der Waals surface area contributed by atoms with E-state index < -0.39 is 5.97 Å². The van der Waals surface area contributed by atoms with Gasteiger partial charge in [0.2, 0.25) is 11.7 Å². The highest BCUT2D eigenvalue weighted by Crippen LogP contribution is 2.19. The predicted molar refractivity (Wildman–Crippen MR) is 84.9 cm³/mol. The molecule has 6 heteroatoms. The Labute approximate surface area is 135 Å². The first kappa shape index (κ1) is 15.7. The number of aromatic nitrogens is 2. The summed E-state index contributed by atoms with van der Waals surface area (Å²) in [6.45, 7) is 1.61. The van der Waals surface area contributed by atoms with Gasteiger partial charge < -0.3 is 9.63 Å². The summed E-state index contributed by atoms with van der Waals surface area (Å²) in [6.07, 6.45) is 4.30. The molecule has 0 radical (unpaired) electrons. The summed E-state index contributed by atoms with van der Waals surface area (Å²) < 4.78 is 5.29. The minimum Gasteiger partial charge on any atom is -0.480 e. The molecular formula is C17H21N3O3. The van der Waals surface area contributed by atoms with Crippen molar-refractivity contribution < 1.29 is 14.4 Å². The molecule has 1 aromatic carbocycles. The molecule has 0 bridgehead atoms. The maximum Gasteiger partial charge on any atom is 0.320 e. The Balaban J connectivity index is 1.53. The van der Waals surface area contributed by atoms with E-state index in [0.29, 0.717) is 18.1 Å². The van der Waals surface area contributed by atoms with Crippen LogP contribution in [-0.4, -0.2) is 45.2 Å². The molecule has 1 atom stereocenters. The monoisotopic (exact) mass is 315 g/mol. The summed E-state index contributed by atoms with van der Waals surface area (Å²) in [5.41, 5.74) is 0.935. The van der Waals surface area contributed by atoms with Gasteiger partial charge in [-0.15, -0.1) is 0 Å². The van der Waals surface area contributed by atoms with Crippen LogP contribution in [-0.2, 0) is 11.2 Å². The van der Waals surface area contributed by atoms with E-state index in [4.69, 9.17) is 4.52 Å². The lowest BCUT2D eigenvalue weighted by atomic mass is 10.0. The number of aliphatic carboxylic acids is 1. The first-order valence-electron chi connectivity index (χ1n) is 8.09. The molecule has 1 fully saturated rings. The number of piperidine rings is 1. The third-order valence-corrected chi connectivity index (χ3v) is 4.23. The van der Waals surface area contributed by atoms with Gasteiger partial charge in [-0.2, -0.15) is 4.98 Å². The van der Waals surface area contributed by atoms with Crippen LogP contribution in [0.3, 0.4) is 0 Å². The molecule has 0 spiro atoms. The van der Waals surface area contributed by atoms with E-state index in [1.807, 2.05) is 30.3 Å². The van der Waals surface area contributed by atoms with Gasteiger partial charge in [0.15, 0.2) is 0 Å². The van der Waals surface area contributed by atoms with Crippen LogP contribution in [0.25, 0.3) is 11.4 Å². The van der Waals surface area contributed by atoms with Gasteiger partial charge >= 0.3 is 5.97 Å². The summed E-state index contributed by atoms with van der Waals surface area (Å²) in [6, 6.07) is 9.37. The van der Waals surface area contributed by atoms with Gasteiger partial charge in [0.1, 0.15) is 6.04 Å². The Morgan fingerprint density at radius 2 is 2.13 bits per heavy atom. The number of likely N-dealkylation sites (tertiary alicyclic amines) is 1. The molecule has 1 saturated heterocycles. The van der Waals surface area contributed by atoms with Crippen LogP contribution >= 0.6 is 0 Å². The molecule has 23 heavy (non-hydrogen) atoms. The zero-order valence-electron chi connectivity index (χ0n) is 13.0. The van der Waals surface area contributed by atoms with Crippen LogP contribution in [0.1, 0.15) is 31.6 Å². The minimum absolute atomic E-state index is 0.341. The number of aryl methyl sites for hydroxylation is 1. The fraction of sp³-hybridized carbons (Fsp3) is 0.471. The Bertz CT molecular complexity index is 642. The molecule has 1 N–H and O–H groups in total. The van der Waals surface area contributed by atoms with Gasteiger partial charge in [-0.05, 0) is 32.4 Å². The van der Waals surface area contributed by atoms with Gasteiger partial charge in [0.05, 0.1) is 0 Å². The molecule has 1 aromatic heterocycles. The number of benzene rings is 1. The topological polar surface area (TPSA) is 79.5 Å². The largest absolute Gasteiger partial charge is 0.480 e. The zero-order valence-corrected chi connectivity index (χ0v) is 13.0. The number of carboxylic acids is 1. The summed E-state index contributed by atoms with van der Waals surface area (Å²) >= 11 is 0. The number of carboxylic acid groups (broad SMARTS) is 1. The number of nitrogens with zero attached hydrogens (tertiary/aromatic N) is 3. The molecule has 1 aliphatic heterocycles. The molecule has 3 rings (SSSR count). The fourth-order valence-electron chi connectivity index (χ4n) is 3.03. The fourth-order valence-corrected chi connectivity index (χ4v) is 3.03. The second kappa shape index (κ2) is 7.37. The van der Waals surface area contributed by atoms with Crippen molar-refractivity contribution in [3.8, 4) is 11.4 Å². The Morgan fingerprint density at radius 3 is 2.91 bits per heavy atom. The SMILES string of the molecule is O=C(O)C1CCCCN1CCCc1nc(-c2ccccc2)no1. The molecule has 2 aromatic rings. The number of carbonyl (C=O) groups is 1. The third kappa shape index (κ3) is 3.96. The van der Waals surface area contributed by atoms with E-state index in [-0.39, 0.29) is 6.04 Å². The molecule has 6 nitrogen and oxygen atoms in total. The van der Waals surface area contributed by atoms with E-state index in [9.17, 15) is 9.90 Å². The van der Waals surface area contributed by atoms with Crippen LogP contribution in [0, 0.1) is 0 Å². The maximum atomic E-state index is 11.3. The second-order valence-electron chi connectivity index (χ2n) is 5.87. The summed E-state index contributed by atoms with van der Waals surface area (Å²) in [4.78, 5) is 17.7. The lowest BCUT2D eigenvalue weighted by Crippen LogP contribution is -2.45. The highest BCUT2D eigenvalue weighted by molar-refractivity contribution is 5.73. The minimum atomic E-state index is -0.714. The summed E-state index contributed by atoms with van der Waals surface area (Å²) in [5, 5.41) is 13.3. The van der Waals surface area contributed by atoms with Crippen molar-refractivity contribution in [3.05, 3.63) is 36.2 Å². The Morgan fingerprint density at radius 1 is 1.30 bits per heavy atom. The molecule has 2 heterocycles. The van der Waals surface area contributed by atoms with Gasteiger partial charge in [0.25, 0.3) is 0 Å². The average molecular weight is 315 g/mol. The van der Waals surface area contributed by atoms with Gasteiger partial charge in [-0.25, -0.2) is 0 Å². The van der Waals surface area contributed by atoms with Crippen LogP contribution in [0.4, 0.5) is 0 Å². The normalized spacial score (nSPS) is 18.9. The maximum absolute atomic E-state index is 11.3. The van der Waals surface area contributed by atoms with Crippen LogP contribution < -0.4 is 0 Å². The van der Waals surface area contributed by atoms with Crippen LogP contribution in [0.15, 0.2) is 34.9 Å². The first-order chi connectivity index (χ1) is 11.2. The quantitative estimate of drug-likeness (QED) is 0.882. The second-order valence-corrected chi connectivity index (χ2v) is 5.87. The Hall–Kier alpha value is -2.21. The molecule has 1 aliphatic rings. The third-order valence-electron chi connectivity index (χ3n) is 4.23. The van der Waals surface area contributed by atoms with E-state index in [0.717, 1.165) is 44.3 Å². The van der Waals surface area contributed by atoms with Crippen molar-refractivity contribution in [2.75, 3.05) is 13.1 Å². The molecule has 0 saturated carbocycles. The first-order valence-corrected chi connectivity index (χ1v) is 8.09. The predicted octanol–water partition coefficient (Wildman–Crippen LogP) is 2.61. The van der Waals surface area contributed by atoms with E-state index in [2.05, 4.69) is 15.0 Å². The van der Waals surface area contributed by atoms with Gasteiger partial charge in [0, 0.05) is 12.0 Å². The molecule has 1 unspecified atom stereocenters. The van der Waals surface area contributed by atoms with E-state index >= 15 is 0 Å². The molecule has 122 valence electrons. The van der Waals surface area contributed by atoms with E-state index in [1.165, 1.54) is 0 Å². The van der Waals surface area contributed by atoms with Crippen molar-refractivity contribution in [3.63, 3.8) is 0 Å². The summed E-state index contributed by atoms with van der Waals surface area (Å²) in [5.74, 6) is 0.489. The number of hydrogen-bond acceptors (Lipinski definition) is 5. The average Bonchev–Trinajstić information content (AvgIpc) is 3.05. The van der Waals surface area contributed by atoms with Crippen LogP contribution in [0.5, 0.6) is 0 Å². The smallest absolute Gasteiger partial charge is 0.320 e. The molecule has 0 amide bonds. The lowest BCUT2D eigenvalue weighted by molar-refractivity contribution is -0.144. The number of hydrogen-bond donors (Lipinski definition) is 1. The van der Waals surface area contributed by atoms with Crippen molar-refractivity contribution in [2.24, 2.45) is 0 Å². The van der Waals surface area contributed by atoms with E-state index in [1.54, 1.807) is 0 Å². The van der Waals surface area contributed by atoms with Gasteiger partial charge in [-0.1, -0.05) is 41.9 Å². The van der Waals surface area contributed by atoms with Crippen molar-refractivity contribution in [1.82, 2.24) is 15.0 Å². The molecule has 0 aliphatic carbocycles. The lowest BCUT2D eigenvalue weighted by Gasteiger charge is -2.32. The van der Waals surface area contributed by atoms with Crippen LogP contribution in [0.2, 0.25) is 0 Å². The highest BCUT2D eigenvalue weighted by Gasteiger charge is 2.27. The number of rotatable bonds is 6. The van der Waals surface area contributed by atoms with Gasteiger partial charge in [-0.3, -0.25) is 9.69 Å². The van der Waals surface area contributed by atoms with Crippen molar-refractivity contribution in [1.29, 1.82) is 0 Å². The van der Waals surface area contributed by atoms with Crippen molar-refractivity contribution >= 4 is 5.97 Å². The summed E-state index contributed by atoms with van der Waals surface area (Å²) in [7, 11) is 0. The standard InChI is InChI=1S/C17H21N3O3/c21-17(22)14-9-4-5-11-20(14)12-6-10-15-18-16(19-23-15)13-7-2-1-3-8-13/h1-3,7-8,14H,4-6,9-12H2,(H,21,22). The zero-order chi connectivity index (χ0) is 16.1. The highest BCUT2D eigenvalue weighted by atomic mass is 16.5. The van der Waals surface area contributed by atoms with Crippen molar-refractivity contribution in [2.45, 2.75) is 38.1 Å². The molecular weight excluding hydrogens is 294 g/mol. The Kier molecular flexibility index (Phi) is 5.02.